The molecule has 1 heterocycles. The maximum absolute atomic E-state index is 12.0. The van der Waals surface area contributed by atoms with E-state index in [9.17, 15) is 4.79 Å². The van der Waals surface area contributed by atoms with E-state index in [-0.39, 0.29) is 11.4 Å². The van der Waals surface area contributed by atoms with E-state index in [0.717, 1.165) is 16.3 Å². The van der Waals surface area contributed by atoms with Crippen molar-refractivity contribution in [2.75, 3.05) is 20.7 Å². The molecule has 0 aliphatic rings. The molecule has 1 aromatic heterocycles. The normalized spacial score (nSPS) is 12.7. The van der Waals surface area contributed by atoms with E-state index in [1.54, 1.807) is 16.5 Å². The summed E-state index contributed by atoms with van der Waals surface area (Å²) < 4.78 is 8.81. The van der Waals surface area contributed by atoms with Crippen molar-refractivity contribution in [3.63, 3.8) is 0 Å². The van der Waals surface area contributed by atoms with Crippen LogP contribution in [0.25, 0.3) is 5.69 Å². The van der Waals surface area contributed by atoms with Gasteiger partial charge in [0.05, 0.1) is 19.8 Å². The number of ether oxygens (including phenoxy) is 1. The molecule has 1 atom stereocenters. The zero-order chi connectivity index (χ0) is 18.6. The number of aromatic nitrogens is 4. The lowest BCUT2D eigenvalue weighted by Gasteiger charge is -2.21. The summed E-state index contributed by atoms with van der Waals surface area (Å²) in [5.41, 5.74) is 0.561. The number of rotatable bonds is 6. The van der Waals surface area contributed by atoms with Gasteiger partial charge in [-0.15, -0.1) is 0 Å². The van der Waals surface area contributed by atoms with Gasteiger partial charge in [0, 0.05) is 5.54 Å². The molecule has 2 rings (SSSR count). The van der Waals surface area contributed by atoms with E-state index in [2.05, 4.69) is 15.7 Å². The summed E-state index contributed by atoms with van der Waals surface area (Å²) in [6.45, 7) is 6.64. The topological polar surface area (TPSA) is 78.4 Å². The van der Waals surface area contributed by atoms with Crippen molar-refractivity contribution in [2.24, 2.45) is 0 Å². The Hall–Kier alpha value is -2.26. The van der Waals surface area contributed by atoms with Gasteiger partial charge in [0.15, 0.2) is 13.2 Å². The van der Waals surface area contributed by atoms with Gasteiger partial charge in [0.2, 0.25) is 4.77 Å². The molecule has 0 saturated heterocycles. The van der Waals surface area contributed by atoms with Gasteiger partial charge in [-0.2, -0.15) is 9.36 Å². The van der Waals surface area contributed by atoms with Crippen molar-refractivity contribution in [3.05, 3.63) is 29.0 Å². The fraction of sp³-hybridized carbons (Fsp3) is 0.500. The zero-order valence-electron chi connectivity index (χ0n) is 15.2. The third-order valence-electron chi connectivity index (χ3n) is 3.35. The largest absolute Gasteiger partial charge is 0.497 e. The summed E-state index contributed by atoms with van der Waals surface area (Å²) in [4.78, 5) is 13.0. The lowest BCUT2D eigenvalue weighted by molar-refractivity contribution is -0.895. The molecule has 0 aliphatic carbocycles. The Morgan fingerprint density at radius 1 is 1.28 bits per heavy atom. The van der Waals surface area contributed by atoms with Crippen LogP contribution in [-0.4, -0.2) is 51.9 Å². The fourth-order valence-corrected chi connectivity index (χ4v) is 2.55. The van der Waals surface area contributed by atoms with Crippen LogP contribution in [0.5, 0.6) is 5.75 Å². The molecule has 1 unspecified atom stereocenters. The second-order valence-corrected chi connectivity index (χ2v) is 7.33. The fourth-order valence-electron chi connectivity index (χ4n) is 2.31. The third kappa shape index (κ3) is 5.36. The van der Waals surface area contributed by atoms with Crippen LogP contribution in [0.3, 0.4) is 0 Å². The molecule has 9 heteroatoms. The van der Waals surface area contributed by atoms with Crippen molar-refractivity contribution in [3.8, 4) is 11.4 Å². The molecule has 136 valence electrons. The number of carbonyl (C=O) groups is 1. The van der Waals surface area contributed by atoms with Gasteiger partial charge < -0.3 is 15.0 Å². The van der Waals surface area contributed by atoms with Crippen molar-refractivity contribution in [1.82, 2.24) is 25.1 Å². The number of methoxy groups -OCH3 is 1. The minimum absolute atomic E-state index is 0.0148. The summed E-state index contributed by atoms with van der Waals surface area (Å²) in [6, 6.07) is 7.40. The van der Waals surface area contributed by atoms with Crippen molar-refractivity contribution < 1.29 is 14.4 Å². The molecule has 0 bridgehead atoms. The van der Waals surface area contributed by atoms with Crippen LogP contribution in [0.15, 0.2) is 24.3 Å². The highest BCUT2D eigenvalue weighted by Crippen LogP contribution is 2.14. The Kier molecular flexibility index (Phi) is 5.91. The number of carbonyl (C=O) groups excluding carboxylic acids is 1. The molecule has 1 amide bonds. The Labute approximate surface area is 152 Å². The van der Waals surface area contributed by atoms with Gasteiger partial charge in [-0.25, -0.2) is 0 Å². The van der Waals surface area contributed by atoms with Gasteiger partial charge in [0.25, 0.3) is 5.91 Å². The van der Waals surface area contributed by atoms with Crippen LogP contribution in [-0.2, 0) is 11.5 Å². The van der Waals surface area contributed by atoms with Crippen LogP contribution >= 0.6 is 12.2 Å². The number of quaternary nitrogens is 1. The first-order valence-corrected chi connectivity index (χ1v) is 8.40. The van der Waals surface area contributed by atoms with E-state index >= 15 is 0 Å². The molecule has 8 nitrogen and oxygen atoms in total. The predicted octanol–water partition coefficient (Wildman–Crippen LogP) is 0.194. The van der Waals surface area contributed by atoms with E-state index in [1.807, 2.05) is 52.1 Å². The van der Waals surface area contributed by atoms with Crippen LogP contribution in [0.4, 0.5) is 0 Å². The summed E-state index contributed by atoms with van der Waals surface area (Å²) >= 11 is 5.44. The highest BCUT2D eigenvalue weighted by atomic mass is 32.1. The van der Waals surface area contributed by atoms with E-state index < -0.39 is 0 Å². The Bertz CT molecular complexity index is 775. The number of amides is 1. The van der Waals surface area contributed by atoms with Crippen LogP contribution < -0.4 is 15.0 Å². The second kappa shape index (κ2) is 7.75. The molecule has 0 aliphatic heterocycles. The predicted molar refractivity (Wildman–Crippen MR) is 96.4 cm³/mol. The maximum atomic E-state index is 12.0. The Morgan fingerprint density at radius 2 is 1.92 bits per heavy atom. The highest BCUT2D eigenvalue weighted by molar-refractivity contribution is 7.71. The van der Waals surface area contributed by atoms with Gasteiger partial charge >= 0.3 is 0 Å². The molecule has 0 radical (unpaired) electrons. The molecule has 0 fully saturated rings. The van der Waals surface area contributed by atoms with E-state index in [4.69, 9.17) is 17.0 Å². The Morgan fingerprint density at radius 3 is 2.48 bits per heavy atom. The average molecular weight is 365 g/mol. The van der Waals surface area contributed by atoms with Crippen molar-refractivity contribution in [1.29, 1.82) is 0 Å². The summed E-state index contributed by atoms with van der Waals surface area (Å²) in [6.07, 6.45) is 0. The molecule has 2 aromatic rings. The number of nitrogens with one attached hydrogen (secondary N) is 2. The number of hydrogen-bond acceptors (Lipinski definition) is 5. The lowest BCUT2D eigenvalue weighted by atomic mass is 10.1. The molecule has 25 heavy (non-hydrogen) atoms. The van der Waals surface area contributed by atoms with Crippen molar-refractivity contribution >= 4 is 18.1 Å². The number of likely N-dealkylation sites (N-methyl/N-ethyl adjacent to an activating group) is 1. The molecular formula is C16H25N6O2S+. The third-order valence-corrected chi connectivity index (χ3v) is 3.74. The second-order valence-electron chi connectivity index (χ2n) is 6.96. The minimum Gasteiger partial charge on any atom is -0.497 e. The van der Waals surface area contributed by atoms with Crippen molar-refractivity contribution in [2.45, 2.75) is 33.0 Å². The first kappa shape index (κ1) is 19.1. The van der Waals surface area contributed by atoms with Crippen LogP contribution in [0, 0.1) is 4.77 Å². The monoisotopic (exact) mass is 365 g/mol. The minimum atomic E-state index is -0.245. The first-order chi connectivity index (χ1) is 11.7. The lowest BCUT2D eigenvalue weighted by Crippen LogP contribution is -3.09. The van der Waals surface area contributed by atoms with E-state index in [0.29, 0.717) is 18.0 Å². The molecular weight excluding hydrogens is 340 g/mol. The number of nitrogens with zero attached hydrogens (tertiary/aromatic N) is 4. The van der Waals surface area contributed by atoms with Gasteiger partial charge in [-0.05, 0) is 67.7 Å². The Balaban J connectivity index is 2.05. The van der Waals surface area contributed by atoms with Crippen LogP contribution in [0.2, 0.25) is 0 Å². The zero-order valence-corrected chi connectivity index (χ0v) is 16.1. The SMILES string of the molecule is COc1ccc(-n2nnn(C[NH+](C)CC(=O)NC(C)(C)C)c2=S)cc1. The molecule has 0 spiro atoms. The summed E-state index contributed by atoms with van der Waals surface area (Å²) in [5.74, 6) is 0.746. The standard InChI is InChI=1S/C16H24N6O2S/c1-16(2,3)17-14(23)10-20(4)11-21-15(25)22(19-18-21)12-6-8-13(24-5)9-7-12/h6-9H,10-11H2,1-5H3,(H,17,23)/p+1. The molecule has 1 aromatic carbocycles. The quantitative estimate of drug-likeness (QED) is 0.715. The summed E-state index contributed by atoms with van der Waals surface area (Å²) in [5, 5.41) is 11.1. The van der Waals surface area contributed by atoms with Crippen LogP contribution in [0.1, 0.15) is 20.8 Å². The molecule has 2 N–H and O–H groups in total. The first-order valence-electron chi connectivity index (χ1n) is 7.99. The van der Waals surface area contributed by atoms with Gasteiger partial charge in [0.1, 0.15) is 5.75 Å². The number of hydrogen-bond donors (Lipinski definition) is 2. The summed E-state index contributed by atoms with van der Waals surface area (Å²) in [7, 11) is 3.53. The maximum Gasteiger partial charge on any atom is 0.275 e. The number of benzene rings is 1. The smallest absolute Gasteiger partial charge is 0.275 e. The average Bonchev–Trinajstić information content (AvgIpc) is 2.86. The van der Waals surface area contributed by atoms with Gasteiger partial charge in [-0.1, -0.05) is 0 Å². The highest BCUT2D eigenvalue weighted by Gasteiger charge is 2.18. The molecule has 0 saturated carbocycles. The number of tetrazole rings is 1. The van der Waals surface area contributed by atoms with Gasteiger partial charge in [-0.3, -0.25) is 4.79 Å². The van der Waals surface area contributed by atoms with E-state index in [1.165, 1.54) is 0 Å².